The highest BCUT2D eigenvalue weighted by Gasteiger charge is 2.20. The molecule has 0 bridgehead atoms. The summed E-state index contributed by atoms with van der Waals surface area (Å²) in [6, 6.07) is 22.5. The molecule has 0 aliphatic heterocycles. The van der Waals surface area contributed by atoms with Crippen molar-refractivity contribution in [2.75, 3.05) is 7.11 Å². The fourth-order valence-electron chi connectivity index (χ4n) is 3.09. The molecule has 4 rings (SSSR count). The Morgan fingerprint density at radius 3 is 2.42 bits per heavy atom. The maximum absolute atomic E-state index is 5.65. The molecule has 0 aliphatic carbocycles. The van der Waals surface area contributed by atoms with Crippen LogP contribution in [0.15, 0.2) is 66.7 Å². The second-order valence-electron chi connectivity index (χ2n) is 5.64. The van der Waals surface area contributed by atoms with Gasteiger partial charge in [0.05, 0.1) is 12.7 Å². The van der Waals surface area contributed by atoms with E-state index in [2.05, 4.69) is 28.5 Å². The van der Waals surface area contributed by atoms with Gasteiger partial charge in [-0.05, 0) is 16.8 Å². The normalized spacial score (nSPS) is 10.9. The van der Waals surface area contributed by atoms with Crippen molar-refractivity contribution >= 4 is 10.8 Å². The van der Waals surface area contributed by atoms with Gasteiger partial charge in [0.2, 0.25) is 0 Å². The van der Waals surface area contributed by atoms with Gasteiger partial charge in [0.25, 0.3) is 0 Å². The summed E-state index contributed by atoms with van der Waals surface area (Å²) in [5.74, 6) is 0.816. The number of rotatable bonds is 3. The first-order chi connectivity index (χ1) is 11.8. The van der Waals surface area contributed by atoms with Crippen LogP contribution in [0.1, 0.15) is 0 Å². The van der Waals surface area contributed by atoms with E-state index < -0.39 is 0 Å². The summed E-state index contributed by atoms with van der Waals surface area (Å²) in [5, 5.41) is 10.9. The minimum Gasteiger partial charge on any atom is -0.496 e. The molecule has 3 aromatic carbocycles. The highest BCUT2D eigenvalue weighted by Crippen LogP contribution is 2.40. The molecule has 0 saturated heterocycles. The smallest absolute Gasteiger partial charge is 0.128 e. The van der Waals surface area contributed by atoms with Crippen molar-refractivity contribution in [1.82, 2.24) is 15.0 Å². The Kier molecular flexibility index (Phi) is 3.50. The zero-order valence-corrected chi connectivity index (χ0v) is 13.6. The Bertz CT molecular complexity index is 1010. The highest BCUT2D eigenvalue weighted by molar-refractivity contribution is 6.01. The van der Waals surface area contributed by atoms with Crippen molar-refractivity contribution in [2.24, 2.45) is 7.05 Å². The van der Waals surface area contributed by atoms with Gasteiger partial charge in [0.15, 0.2) is 0 Å². The number of ether oxygens (including phenoxy) is 1. The quantitative estimate of drug-likeness (QED) is 0.565. The van der Waals surface area contributed by atoms with E-state index in [0.29, 0.717) is 0 Å². The summed E-state index contributed by atoms with van der Waals surface area (Å²) in [6.07, 6.45) is 0. The third-order valence-electron chi connectivity index (χ3n) is 4.22. The van der Waals surface area contributed by atoms with Crippen LogP contribution < -0.4 is 4.74 Å². The molecule has 0 spiro atoms. The van der Waals surface area contributed by atoms with Crippen molar-refractivity contribution in [3.63, 3.8) is 0 Å². The molecule has 4 nitrogen and oxygen atoms in total. The maximum Gasteiger partial charge on any atom is 0.128 e. The average molecular weight is 315 g/mol. The summed E-state index contributed by atoms with van der Waals surface area (Å²) < 4.78 is 7.47. The van der Waals surface area contributed by atoms with E-state index in [-0.39, 0.29) is 0 Å². The van der Waals surface area contributed by atoms with Gasteiger partial charge in [-0.25, -0.2) is 4.68 Å². The molecule has 24 heavy (non-hydrogen) atoms. The van der Waals surface area contributed by atoms with Crippen molar-refractivity contribution < 1.29 is 4.74 Å². The van der Waals surface area contributed by atoms with Crippen LogP contribution in [-0.4, -0.2) is 22.1 Å². The SMILES string of the molecule is COc1ccc2ccccc2c1-c1c(-c2ccccc2)nnn1C. The van der Waals surface area contributed by atoms with Crippen LogP contribution in [0.5, 0.6) is 5.75 Å². The number of aromatic nitrogens is 3. The average Bonchev–Trinajstić information content (AvgIpc) is 3.02. The van der Waals surface area contributed by atoms with Crippen molar-refractivity contribution in [1.29, 1.82) is 0 Å². The van der Waals surface area contributed by atoms with E-state index in [1.165, 1.54) is 0 Å². The monoisotopic (exact) mass is 315 g/mol. The molecule has 0 amide bonds. The summed E-state index contributed by atoms with van der Waals surface area (Å²) in [5.41, 5.74) is 3.86. The molecule has 1 heterocycles. The molecule has 0 aliphatic rings. The lowest BCUT2D eigenvalue weighted by atomic mass is 9.97. The minimum absolute atomic E-state index is 0.816. The zero-order valence-electron chi connectivity index (χ0n) is 13.6. The van der Waals surface area contributed by atoms with Crippen LogP contribution in [0.2, 0.25) is 0 Å². The first-order valence-electron chi connectivity index (χ1n) is 7.81. The summed E-state index contributed by atoms with van der Waals surface area (Å²) >= 11 is 0. The highest BCUT2D eigenvalue weighted by atomic mass is 16.5. The number of benzene rings is 3. The second kappa shape index (κ2) is 5.81. The molecule has 0 saturated carbocycles. The fraction of sp³-hybridized carbons (Fsp3) is 0.100. The first-order valence-corrected chi connectivity index (χ1v) is 7.81. The van der Waals surface area contributed by atoms with Gasteiger partial charge in [0.1, 0.15) is 17.1 Å². The Morgan fingerprint density at radius 1 is 0.875 bits per heavy atom. The minimum atomic E-state index is 0.816. The standard InChI is InChI=1S/C20H17N3O/c1-23-20(19(21-22-23)15-9-4-3-5-10-15)18-16-11-7-6-8-14(16)12-13-17(18)24-2/h3-13H,1-2H3. The number of hydrogen-bond donors (Lipinski definition) is 0. The number of nitrogens with zero attached hydrogens (tertiary/aromatic N) is 3. The first kappa shape index (κ1) is 14.5. The Balaban J connectivity index is 2.08. The topological polar surface area (TPSA) is 39.9 Å². The molecule has 118 valence electrons. The van der Waals surface area contributed by atoms with Crippen molar-refractivity contribution in [3.05, 3.63) is 66.7 Å². The van der Waals surface area contributed by atoms with E-state index in [1.807, 2.05) is 60.3 Å². The summed E-state index contributed by atoms with van der Waals surface area (Å²) in [4.78, 5) is 0. The maximum atomic E-state index is 5.65. The lowest BCUT2D eigenvalue weighted by molar-refractivity contribution is 0.416. The van der Waals surface area contributed by atoms with E-state index >= 15 is 0 Å². The molecule has 4 heteroatoms. The second-order valence-corrected chi connectivity index (χ2v) is 5.64. The van der Waals surface area contributed by atoms with Gasteiger partial charge in [-0.2, -0.15) is 0 Å². The molecule has 0 N–H and O–H groups in total. The molecule has 0 atom stereocenters. The molecule has 0 radical (unpaired) electrons. The van der Waals surface area contributed by atoms with Crippen molar-refractivity contribution in [3.8, 4) is 28.3 Å². The summed E-state index contributed by atoms with van der Waals surface area (Å²) in [7, 11) is 3.61. The lowest BCUT2D eigenvalue weighted by Gasteiger charge is -2.13. The van der Waals surface area contributed by atoms with Gasteiger partial charge in [-0.15, -0.1) is 5.10 Å². The molecule has 1 aromatic heterocycles. The molecular weight excluding hydrogens is 298 g/mol. The van der Waals surface area contributed by atoms with E-state index in [9.17, 15) is 0 Å². The van der Waals surface area contributed by atoms with Crippen LogP contribution in [0, 0.1) is 0 Å². The van der Waals surface area contributed by atoms with Gasteiger partial charge in [-0.3, -0.25) is 0 Å². The molecular formula is C20H17N3O. The molecule has 0 unspecified atom stereocenters. The third-order valence-corrected chi connectivity index (χ3v) is 4.22. The fourth-order valence-corrected chi connectivity index (χ4v) is 3.09. The Labute approximate surface area is 140 Å². The number of aryl methyl sites for hydroxylation is 1. The number of hydrogen-bond acceptors (Lipinski definition) is 3. The van der Waals surface area contributed by atoms with Crippen LogP contribution in [-0.2, 0) is 7.05 Å². The van der Waals surface area contributed by atoms with Crippen LogP contribution >= 0.6 is 0 Å². The number of methoxy groups -OCH3 is 1. The summed E-state index contributed by atoms with van der Waals surface area (Å²) in [6.45, 7) is 0. The van der Waals surface area contributed by atoms with Gasteiger partial charge in [0, 0.05) is 12.6 Å². The van der Waals surface area contributed by atoms with Gasteiger partial charge < -0.3 is 4.74 Å². The van der Waals surface area contributed by atoms with Crippen LogP contribution in [0.3, 0.4) is 0 Å². The zero-order chi connectivity index (χ0) is 16.5. The third kappa shape index (κ3) is 2.24. The van der Waals surface area contributed by atoms with E-state index in [4.69, 9.17) is 4.74 Å². The molecule has 0 fully saturated rings. The Morgan fingerprint density at radius 2 is 1.62 bits per heavy atom. The van der Waals surface area contributed by atoms with Gasteiger partial charge in [-0.1, -0.05) is 65.9 Å². The molecule has 4 aromatic rings. The van der Waals surface area contributed by atoms with Crippen LogP contribution in [0.4, 0.5) is 0 Å². The van der Waals surface area contributed by atoms with Crippen LogP contribution in [0.25, 0.3) is 33.3 Å². The number of fused-ring (bicyclic) bond motifs is 1. The van der Waals surface area contributed by atoms with Gasteiger partial charge >= 0.3 is 0 Å². The van der Waals surface area contributed by atoms with E-state index in [0.717, 1.165) is 39.0 Å². The lowest BCUT2D eigenvalue weighted by Crippen LogP contribution is -1.98. The predicted molar refractivity (Wildman–Crippen MR) is 95.9 cm³/mol. The Hall–Kier alpha value is -3.14. The van der Waals surface area contributed by atoms with Crippen molar-refractivity contribution in [2.45, 2.75) is 0 Å². The largest absolute Gasteiger partial charge is 0.496 e. The predicted octanol–water partition coefficient (Wildman–Crippen LogP) is 4.31. The van der Waals surface area contributed by atoms with E-state index in [1.54, 1.807) is 7.11 Å².